The topological polar surface area (TPSA) is 65.0 Å². The van der Waals surface area contributed by atoms with Gasteiger partial charge in [0.1, 0.15) is 5.60 Å². The lowest BCUT2D eigenvalue weighted by molar-refractivity contribution is -0.147. The van der Waals surface area contributed by atoms with Gasteiger partial charge in [0, 0.05) is 20.1 Å². The van der Waals surface area contributed by atoms with Crippen molar-refractivity contribution < 1.29 is 24.1 Å². The zero-order valence-corrected chi connectivity index (χ0v) is 16.2. The summed E-state index contributed by atoms with van der Waals surface area (Å²) in [6, 6.07) is 7.52. The van der Waals surface area contributed by atoms with Crippen LogP contribution in [0, 0.1) is 5.92 Å². The average molecular weight is 352 g/mol. The number of esters is 1. The van der Waals surface area contributed by atoms with Crippen molar-refractivity contribution in [1.82, 2.24) is 0 Å². The van der Waals surface area contributed by atoms with Crippen LogP contribution in [0.2, 0.25) is 0 Å². The molecule has 0 amide bonds. The third kappa shape index (κ3) is 7.14. The lowest BCUT2D eigenvalue weighted by Gasteiger charge is -2.24. The number of hydrogen-bond acceptors (Lipinski definition) is 5. The number of aliphatic hydroxyl groups is 1. The largest absolute Gasteiger partial charge is 0.456 e. The van der Waals surface area contributed by atoms with Gasteiger partial charge in [-0.3, -0.25) is 0 Å². The fourth-order valence-corrected chi connectivity index (χ4v) is 2.71. The van der Waals surface area contributed by atoms with E-state index in [2.05, 4.69) is 6.92 Å². The van der Waals surface area contributed by atoms with Crippen molar-refractivity contribution >= 4 is 5.97 Å². The molecule has 1 rings (SSSR count). The van der Waals surface area contributed by atoms with E-state index in [1.807, 2.05) is 32.9 Å². The molecule has 0 spiro atoms. The van der Waals surface area contributed by atoms with Crippen LogP contribution < -0.4 is 0 Å². The molecule has 0 bridgehead atoms. The number of carbonyl (C=O) groups excluding carboxylic acids is 1. The Morgan fingerprint density at radius 3 is 2.08 bits per heavy atom. The number of methoxy groups -OCH3 is 2. The molecule has 2 unspecified atom stereocenters. The van der Waals surface area contributed by atoms with Crippen LogP contribution in [0.1, 0.15) is 62.4 Å². The molecular weight excluding hydrogens is 320 g/mol. The predicted molar refractivity (Wildman–Crippen MR) is 97.6 cm³/mol. The van der Waals surface area contributed by atoms with E-state index in [4.69, 9.17) is 14.2 Å². The number of rotatable bonds is 9. The third-order valence-electron chi connectivity index (χ3n) is 4.17. The van der Waals surface area contributed by atoms with E-state index in [0.717, 1.165) is 18.4 Å². The number of carbonyl (C=O) groups is 1. The molecule has 0 fully saturated rings. The van der Waals surface area contributed by atoms with E-state index >= 15 is 0 Å². The standard InChI is InChI=1S/C20H32O5/c1-14(7-8-17(13-21)19(23-5)24-6)15-9-11-16(12-10-15)18(22)25-20(2,3)4/h9-12,14,17,19,21H,7-8,13H2,1-6H3. The van der Waals surface area contributed by atoms with Crippen molar-refractivity contribution in [3.8, 4) is 0 Å². The van der Waals surface area contributed by atoms with Crippen LogP contribution in [0.3, 0.4) is 0 Å². The second-order valence-corrected chi connectivity index (χ2v) is 7.38. The molecule has 0 saturated carbocycles. The van der Waals surface area contributed by atoms with Crippen LogP contribution >= 0.6 is 0 Å². The summed E-state index contributed by atoms with van der Waals surface area (Å²) in [7, 11) is 3.16. The van der Waals surface area contributed by atoms with Crippen molar-refractivity contribution in [2.24, 2.45) is 5.92 Å². The Labute approximate surface area is 151 Å². The smallest absolute Gasteiger partial charge is 0.338 e. The van der Waals surface area contributed by atoms with Crippen molar-refractivity contribution in [2.75, 3.05) is 20.8 Å². The van der Waals surface area contributed by atoms with Gasteiger partial charge in [-0.25, -0.2) is 4.79 Å². The maximum atomic E-state index is 12.1. The van der Waals surface area contributed by atoms with Gasteiger partial charge in [-0.05, 0) is 57.2 Å². The Kier molecular flexibility index (Phi) is 8.56. The highest BCUT2D eigenvalue weighted by molar-refractivity contribution is 5.89. The predicted octanol–water partition coefficient (Wildman–Crippen LogP) is 3.75. The van der Waals surface area contributed by atoms with Gasteiger partial charge in [0.25, 0.3) is 0 Å². The molecular formula is C20H32O5. The zero-order chi connectivity index (χ0) is 19.0. The van der Waals surface area contributed by atoms with Crippen molar-refractivity contribution in [1.29, 1.82) is 0 Å². The van der Waals surface area contributed by atoms with Gasteiger partial charge >= 0.3 is 5.97 Å². The van der Waals surface area contributed by atoms with Crippen LogP contribution in [0.15, 0.2) is 24.3 Å². The minimum atomic E-state index is -0.498. The van der Waals surface area contributed by atoms with Gasteiger partial charge in [-0.1, -0.05) is 19.1 Å². The van der Waals surface area contributed by atoms with Crippen LogP contribution in [0.4, 0.5) is 0 Å². The summed E-state index contributed by atoms with van der Waals surface area (Å²) in [5.74, 6) is -0.0651. The van der Waals surface area contributed by atoms with Gasteiger partial charge in [-0.15, -0.1) is 0 Å². The first-order valence-electron chi connectivity index (χ1n) is 8.71. The highest BCUT2D eigenvalue weighted by atomic mass is 16.7. The summed E-state index contributed by atoms with van der Waals surface area (Å²) >= 11 is 0. The highest BCUT2D eigenvalue weighted by Crippen LogP contribution is 2.25. The van der Waals surface area contributed by atoms with Crippen molar-refractivity contribution in [3.05, 3.63) is 35.4 Å². The lowest BCUT2D eigenvalue weighted by atomic mass is 9.91. The second kappa shape index (κ2) is 9.90. The quantitative estimate of drug-likeness (QED) is 0.541. The third-order valence-corrected chi connectivity index (χ3v) is 4.17. The van der Waals surface area contributed by atoms with E-state index in [9.17, 15) is 9.90 Å². The van der Waals surface area contributed by atoms with E-state index in [1.54, 1.807) is 26.4 Å². The molecule has 5 heteroatoms. The molecule has 0 heterocycles. The van der Waals surface area contributed by atoms with E-state index < -0.39 is 11.9 Å². The summed E-state index contributed by atoms with van der Waals surface area (Å²) in [6.07, 6.45) is 1.28. The number of benzene rings is 1. The summed E-state index contributed by atoms with van der Waals surface area (Å²) in [4.78, 5) is 12.1. The molecule has 1 N–H and O–H groups in total. The first-order valence-corrected chi connectivity index (χ1v) is 8.71. The van der Waals surface area contributed by atoms with E-state index in [1.165, 1.54) is 0 Å². The molecule has 5 nitrogen and oxygen atoms in total. The summed E-state index contributed by atoms with van der Waals surface area (Å²) in [5, 5.41) is 9.52. The summed E-state index contributed by atoms with van der Waals surface area (Å²) in [6.45, 7) is 7.72. The molecule has 0 aliphatic carbocycles. The fourth-order valence-electron chi connectivity index (χ4n) is 2.71. The van der Waals surface area contributed by atoms with E-state index in [-0.39, 0.29) is 18.5 Å². The number of ether oxygens (including phenoxy) is 3. The van der Waals surface area contributed by atoms with Gasteiger partial charge in [0.05, 0.1) is 12.2 Å². The Morgan fingerprint density at radius 2 is 1.64 bits per heavy atom. The minimum absolute atomic E-state index is 0.0245. The zero-order valence-electron chi connectivity index (χ0n) is 16.2. The van der Waals surface area contributed by atoms with Crippen LogP contribution in [0.5, 0.6) is 0 Å². The van der Waals surface area contributed by atoms with E-state index in [0.29, 0.717) is 11.5 Å². The Hall–Kier alpha value is -1.43. The van der Waals surface area contributed by atoms with Gasteiger partial charge in [0.2, 0.25) is 0 Å². The van der Waals surface area contributed by atoms with Gasteiger partial charge in [0.15, 0.2) is 6.29 Å². The minimum Gasteiger partial charge on any atom is -0.456 e. The SMILES string of the molecule is COC(OC)C(CO)CCC(C)c1ccc(C(=O)OC(C)(C)C)cc1. The Balaban J connectivity index is 2.64. The molecule has 0 saturated heterocycles. The molecule has 142 valence electrons. The van der Waals surface area contributed by atoms with Crippen LogP contribution in [0.25, 0.3) is 0 Å². The molecule has 0 radical (unpaired) electrons. The molecule has 0 aliphatic rings. The number of aliphatic hydroxyl groups excluding tert-OH is 1. The highest BCUT2D eigenvalue weighted by Gasteiger charge is 2.22. The lowest BCUT2D eigenvalue weighted by Crippen LogP contribution is -2.28. The summed E-state index contributed by atoms with van der Waals surface area (Å²) in [5.41, 5.74) is 1.20. The molecule has 0 aromatic heterocycles. The molecule has 1 aromatic rings. The van der Waals surface area contributed by atoms with Crippen LogP contribution in [-0.4, -0.2) is 43.8 Å². The average Bonchev–Trinajstić information content (AvgIpc) is 2.57. The molecule has 2 atom stereocenters. The second-order valence-electron chi connectivity index (χ2n) is 7.38. The Morgan fingerprint density at radius 1 is 1.08 bits per heavy atom. The Bertz CT molecular complexity index is 514. The summed E-state index contributed by atoms with van der Waals surface area (Å²) < 4.78 is 15.9. The maximum Gasteiger partial charge on any atom is 0.338 e. The van der Waals surface area contributed by atoms with Crippen molar-refractivity contribution in [2.45, 2.75) is 58.3 Å². The molecule has 25 heavy (non-hydrogen) atoms. The van der Waals surface area contributed by atoms with Gasteiger partial charge in [-0.2, -0.15) is 0 Å². The van der Waals surface area contributed by atoms with Crippen molar-refractivity contribution in [3.63, 3.8) is 0 Å². The maximum absolute atomic E-state index is 12.1. The first kappa shape index (κ1) is 21.6. The monoisotopic (exact) mass is 352 g/mol. The van der Waals surface area contributed by atoms with Crippen LogP contribution in [-0.2, 0) is 14.2 Å². The number of hydrogen-bond donors (Lipinski definition) is 1. The molecule has 0 aliphatic heterocycles. The molecule has 1 aromatic carbocycles. The normalized spacial score (nSPS) is 14.4. The first-order chi connectivity index (χ1) is 11.7. The fraction of sp³-hybridized carbons (Fsp3) is 0.650. The van der Waals surface area contributed by atoms with Gasteiger partial charge < -0.3 is 19.3 Å².